The minimum Gasteiger partial charge on any atom is -0.507 e. The number of hydrogen-bond acceptors (Lipinski definition) is 4. The molecule has 0 aliphatic rings. The first kappa shape index (κ1) is 15.6. The second-order valence-electron chi connectivity index (χ2n) is 5.68. The highest BCUT2D eigenvalue weighted by Gasteiger charge is 2.13. The van der Waals surface area contributed by atoms with E-state index < -0.39 is 14.0 Å². The van der Waals surface area contributed by atoms with Crippen molar-refractivity contribution in [1.82, 2.24) is 0 Å². The van der Waals surface area contributed by atoms with Crippen molar-refractivity contribution in [3.8, 4) is 11.5 Å². The monoisotopic (exact) mass is 282 g/mol. The van der Waals surface area contributed by atoms with Crippen molar-refractivity contribution < 1.29 is 19.4 Å². The van der Waals surface area contributed by atoms with Crippen molar-refractivity contribution in [1.29, 1.82) is 0 Å². The van der Waals surface area contributed by atoms with Gasteiger partial charge in [-0.25, -0.2) is 4.79 Å². The van der Waals surface area contributed by atoms with E-state index in [0.717, 1.165) is 6.42 Å². The molecule has 1 rings (SSSR count). The first-order valence-electron chi connectivity index (χ1n) is 6.37. The van der Waals surface area contributed by atoms with Crippen LogP contribution in [0.25, 0.3) is 0 Å². The Bertz CT molecular complexity index is 438. The summed E-state index contributed by atoms with van der Waals surface area (Å²) in [5.41, 5.74) is 0.150. The minimum absolute atomic E-state index is 0.116. The summed E-state index contributed by atoms with van der Waals surface area (Å²) in [5.74, 6) is -0.0990. The summed E-state index contributed by atoms with van der Waals surface area (Å²) in [6, 6.07) is 5.83. The second-order valence-corrected chi connectivity index (χ2v) is 11.3. The van der Waals surface area contributed by atoms with Gasteiger partial charge in [0.05, 0.1) is 13.7 Å². The lowest BCUT2D eigenvalue weighted by Gasteiger charge is -2.15. The van der Waals surface area contributed by atoms with Gasteiger partial charge in [-0.05, 0) is 18.6 Å². The molecule has 0 aliphatic heterocycles. The fourth-order valence-electron chi connectivity index (χ4n) is 1.68. The summed E-state index contributed by atoms with van der Waals surface area (Å²) < 4.78 is 10.1. The van der Waals surface area contributed by atoms with Gasteiger partial charge in [-0.3, -0.25) is 0 Å². The third kappa shape index (κ3) is 5.34. The Kier molecular flexibility index (Phi) is 5.41. The van der Waals surface area contributed by atoms with Crippen LogP contribution in [0.5, 0.6) is 11.5 Å². The molecule has 1 aromatic carbocycles. The maximum atomic E-state index is 11.3. The number of carbonyl (C=O) groups excluding carboxylic acids is 1. The molecule has 0 fully saturated rings. The number of phenols is 1. The molecular formula is C14H22O4Si. The molecule has 0 aliphatic carbocycles. The fourth-order valence-corrected chi connectivity index (χ4v) is 2.88. The predicted octanol–water partition coefficient (Wildman–Crippen LogP) is 3.29. The van der Waals surface area contributed by atoms with Crippen LogP contribution in [-0.4, -0.2) is 32.9 Å². The van der Waals surface area contributed by atoms with Gasteiger partial charge in [-0.1, -0.05) is 25.7 Å². The molecule has 106 valence electrons. The van der Waals surface area contributed by atoms with Gasteiger partial charge in [0, 0.05) is 14.1 Å². The topological polar surface area (TPSA) is 55.8 Å². The quantitative estimate of drug-likeness (QED) is 0.494. The number of carbonyl (C=O) groups is 1. The summed E-state index contributed by atoms with van der Waals surface area (Å²) in [4.78, 5) is 11.3. The molecule has 0 unspecified atom stereocenters. The average molecular weight is 282 g/mol. The van der Waals surface area contributed by atoms with Gasteiger partial charge in [0.15, 0.2) is 0 Å². The van der Waals surface area contributed by atoms with Crippen molar-refractivity contribution in [3.05, 3.63) is 23.8 Å². The summed E-state index contributed by atoms with van der Waals surface area (Å²) in [7, 11) is 0.255. The molecule has 19 heavy (non-hydrogen) atoms. The first-order valence-corrected chi connectivity index (χ1v) is 10.1. The highest BCUT2D eigenvalue weighted by molar-refractivity contribution is 6.76. The van der Waals surface area contributed by atoms with Gasteiger partial charge in [-0.2, -0.15) is 0 Å². The molecule has 4 nitrogen and oxygen atoms in total. The molecule has 0 atom stereocenters. The van der Waals surface area contributed by atoms with E-state index in [4.69, 9.17) is 4.74 Å². The molecule has 1 N–H and O–H groups in total. The van der Waals surface area contributed by atoms with Gasteiger partial charge in [0.1, 0.15) is 17.1 Å². The van der Waals surface area contributed by atoms with E-state index in [-0.39, 0.29) is 11.3 Å². The van der Waals surface area contributed by atoms with Crippen LogP contribution in [-0.2, 0) is 4.74 Å². The predicted molar refractivity (Wildman–Crippen MR) is 77.7 cm³/mol. The van der Waals surface area contributed by atoms with Crippen molar-refractivity contribution in [2.75, 3.05) is 13.7 Å². The van der Waals surface area contributed by atoms with Crippen LogP contribution < -0.4 is 4.74 Å². The largest absolute Gasteiger partial charge is 0.507 e. The van der Waals surface area contributed by atoms with Crippen LogP contribution in [0.3, 0.4) is 0 Å². The Morgan fingerprint density at radius 2 is 2.00 bits per heavy atom. The van der Waals surface area contributed by atoms with Gasteiger partial charge in [0.25, 0.3) is 0 Å². The van der Waals surface area contributed by atoms with Crippen LogP contribution in [0.15, 0.2) is 18.2 Å². The molecule has 0 radical (unpaired) electrons. The molecule has 0 aromatic heterocycles. The molecule has 5 heteroatoms. The Hall–Kier alpha value is -1.49. The van der Waals surface area contributed by atoms with E-state index in [1.807, 2.05) is 0 Å². The molecule has 0 heterocycles. The number of rotatable bonds is 6. The van der Waals surface area contributed by atoms with Gasteiger partial charge in [-0.15, -0.1) is 0 Å². The fraction of sp³-hybridized carbons (Fsp3) is 0.500. The summed E-state index contributed by atoms with van der Waals surface area (Å²) >= 11 is 0. The lowest BCUT2D eigenvalue weighted by Crippen LogP contribution is -2.19. The zero-order valence-corrected chi connectivity index (χ0v) is 13.0. The molecule has 1 aromatic rings. The standard InChI is InChI=1S/C14H22O4Si/c1-17-14(16)12-7-6-11(10-13(12)15)18-8-5-9-19(2,3)4/h6-7,10,15H,5,8-9H2,1-4H3. The highest BCUT2D eigenvalue weighted by Crippen LogP contribution is 2.24. The molecule has 0 saturated heterocycles. The van der Waals surface area contributed by atoms with Gasteiger partial charge < -0.3 is 14.6 Å². The number of esters is 1. The van der Waals surface area contributed by atoms with Gasteiger partial charge in [0.2, 0.25) is 0 Å². The summed E-state index contributed by atoms with van der Waals surface area (Å²) in [5, 5.41) is 9.70. The van der Waals surface area contributed by atoms with Crippen LogP contribution in [0.2, 0.25) is 25.7 Å². The third-order valence-corrected chi connectivity index (χ3v) is 4.57. The Morgan fingerprint density at radius 1 is 1.32 bits per heavy atom. The Morgan fingerprint density at radius 3 is 2.53 bits per heavy atom. The van der Waals surface area contributed by atoms with Crippen LogP contribution in [0, 0.1) is 0 Å². The molecule has 0 saturated carbocycles. The van der Waals surface area contributed by atoms with E-state index in [1.165, 1.54) is 25.3 Å². The Balaban J connectivity index is 2.52. The van der Waals surface area contributed by atoms with Crippen molar-refractivity contribution in [3.63, 3.8) is 0 Å². The van der Waals surface area contributed by atoms with E-state index in [2.05, 4.69) is 24.4 Å². The molecule has 0 bridgehead atoms. The molecule has 0 amide bonds. The van der Waals surface area contributed by atoms with E-state index in [1.54, 1.807) is 6.07 Å². The van der Waals surface area contributed by atoms with E-state index >= 15 is 0 Å². The molecular weight excluding hydrogens is 260 g/mol. The third-order valence-electron chi connectivity index (χ3n) is 2.71. The minimum atomic E-state index is -1.03. The Labute approximate surface area is 115 Å². The first-order chi connectivity index (χ1) is 8.83. The smallest absolute Gasteiger partial charge is 0.341 e. The number of phenolic OH excluding ortho intramolecular Hbond substituents is 1. The second kappa shape index (κ2) is 6.61. The average Bonchev–Trinajstić information content (AvgIpc) is 2.33. The number of hydrogen-bond donors (Lipinski definition) is 1. The lowest BCUT2D eigenvalue weighted by atomic mass is 10.2. The summed E-state index contributed by atoms with van der Waals surface area (Å²) in [6.07, 6.45) is 1.01. The van der Waals surface area contributed by atoms with Crippen LogP contribution >= 0.6 is 0 Å². The van der Waals surface area contributed by atoms with Crippen LogP contribution in [0.1, 0.15) is 16.8 Å². The highest BCUT2D eigenvalue weighted by atomic mass is 28.3. The van der Waals surface area contributed by atoms with Crippen molar-refractivity contribution in [2.24, 2.45) is 0 Å². The lowest BCUT2D eigenvalue weighted by molar-refractivity contribution is 0.0597. The number of methoxy groups -OCH3 is 1. The zero-order chi connectivity index (χ0) is 14.5. The van der Waals surface area contributed by atoms with E-state index in [9.17, 15) is 9.90 Å². The SMILES string of the molecule is COC(=O)c1ccc(OCCC[Si](C)(C)C)cc1O. The molecule has 0 spiro atoms. The normalized spacial score (nSPS) is 11.2. The number of ether oxygens (including phenoxy) is 2. The zero-order valence-electron chi connectivity index (χ0n) is 12.0. The van der Waals surface area contributed by atoms with E-state index in [0.29, 0.717) is 12.4 Å². The maximum absolute atomic E-state index is 11.3. The number of aromatic hydroxyl groups is 1. The summed E-state index contributed by atoms with van der Waals surface area (Å²) in [6.45, 7) is 7.60. The van der Waals surface area contributed by atoms with Crippen molar-refractivity contribution in [2.45, 2.75) is 32.1 Å². The van der Waals surface area contributed by atoms with Crippen molar-refractivity contribution >= 4 is 14.0 Å². The van der Waals surface area contributed by atoms with Crippen LogP contribution in [0.4, 0.5) is 0 Å². The maximum Gasteiger partial charge on any atom is 0.341 e. The van der Waals surface area contributed by atoms with Gasteiger partial charge >= 0.3 is 5.97 Å². The number of benzene rings is 1.